The zero-order valence-electron chi connectivity index (χ0n) is 19.1. The Labute approximate surface area is 185 Å². The largest absolute Gasteiger partial charge is 0.497 e. The van der Waals surface area contributed by atoms with E-state index < -0.39 is 5.54 Å². The van der Waals surface area contributed by atoms with E-state index in [2.05, 4.69) is 11.8 Å². The topological polar surface area (TPSA) is 71.6 Å². The first kappa shape index (κ1) is 23.5. The standard InChI is InChI=1S/C23H35N3O5/c1-18(17-30-3)24-13-10-23(11-14-24)21(27)25(15-16-29-2)22(28)26(23)12-9-19-5-7-20(31-4)8-6-19/h5-8,18H,9-17H2,1-4H3/t18-/m1/s1. The van der Waals surface area contributed by atoms with Gasteiger partial charge >= 0.3 is 6.03 Å². The second-order valence-corrected chi connectivity index (χ2v) is 8.35. The highest BCUT2D eigenvalue weighted by molar-refractivity contribution is 6.07. The molecule has 2 aliphatic rings. The first-order valence-electron chi connectivity index (χ1n) is 10.9. The Morgan fingerprint density at radius 2 is 1.68 bits per heavy atom. The van der Waals surface area contributed by atoms with Crippen molar-refractivity contribution in [3.8, 4) is 5.75 Å². The number of nitrogens with zero attached hydrogens (tertiary/aromatic N) is 3. The third-order valence-electron chi connectivity index (χ3n) is 6.58. The number of piperidine rings is 1. The van der Waals surface area contributed by atoms with Crippen molar-refractivity contribution in [3.63, 3.8) is 0 Å². The minimum Gasteiger partial charge on any atom is -0.497 e. The molecular formula is C23H35N3O5. The predicted molar refractivity (Wildman–Crippen MR) is 117 cm³/mol. The van der Waals surface area contributed by atoms with Gasteiger partial charge in [0.1, 0.15) is 11.3 Å². The van der Waals surface area contributed by atoms with Gasteiger partial charge in [-0.25, -0.2) is 4.79 Å². The molecule has 0 radical (unpaired) electrons. The van der Waals surface area contributed by atoms with Gasteiger partial charge in [0, 0.05) is 39.9 Å². The van der Waals surface area contributed by atoms with Gasteiger partial charge in [-0.3, -0.25) is 14.6 Å². The summed E-state index contributed by atoms with van der Waals surface area (Å²) in [6.45, 7) is 5.46. The molecule has 3 rings (SSSR count). The molecule has 0 N–H and O–H groups in total. The quantitative estimate of drug-likeness (QED) is 0.526. The second-order valence-electron chi connectivity index (χ2n) is 8.35. The van der Waals surface area contributed by atoms with E-state index in [1.54, 1.807) is 21.3 Å². The van der Waals surface area contributed by atoms with Gasteiger partial charge in [-0.15, -0.1) is 0 Å². The third kappa shape index (κ3) is 4.86. The van der Waals surface area contributed by atoms with E-state index in [1.807, 2.05) is 29.2 Å². The molecule has 1 atom stereocenters. The van der Waals surface area contributed by atoms with Crippen LogP contribution in [0.5, 0.6) is 5.75 Å². The molecule has 1 aromatic rings. The van der Waals surface area contributed by atoms with Crippen LogP contribution < -0.4 is 4.74 Å². The Morgan fingerprint density at radius 1 is 1.00 bits per heavy atom. The molecule has 0 unspecified atom stereocenters. The summed E-state index contributed by atoms with van der Waals surface area (Å²) in [7, 11) is 4.93. The second kappa shape index (κ2) is 10.4. The predicted octanol–water partition coefficient (Wildman–Crippen LogP) is 2.02. The summed E-state index contributed by atoms with van der Waals surface area (Å²) in [5.74, 6) is 0.722. The highest BCUT2D eigenvalue weighted by Crippen LogP contribution is 2.38. The maximum atomic E-state index is 13.5. The molecule has 2 saturated heterocycles. The molecule has 0 bridgehead atoms. The van der Waals surface area contributed by atoms with Crippen LogP contribution in [0.3, 0.4) is 0 Å². The summed E-state index contributed by atoms with van der Waals surface area (Å²) in [5, 5.41) is 0. The van der Waals surface area contributed by atoms with E-state index in [0.29, 0.717) is 45.6 Å². The smallest absolute Gasteiger partial charge is 0.327 e. The maximum Gasteiger partial charge on any atom is 0.327 e. The van der Waals surface area contributed by atoms with Gasteiger partial charge in [0.05, 0.1) is 26.9 Å². The fraction of sp³-hybridized carbons (Fsp3) is 0.652. The lowest BCUT2D eigenvalue weighted by molar-refractivity contribution is -0.136. The van der Waals surface area contributed by atoms with Crippen LogP contribution in [0.1, 0.15) is 25.3 Å². The number of likely N-dealkylation sites (tertiary alicyclic amines) is 1. The summed E-state index contributed by atoms with van der Waals surface area (Å²) in [6.07, 6.45) is 1.96. The first-order chi connectivity index (χ1) is 15.0. The normalized spacial score (nSPS) is 20.0. The lowest BCUT2D eigenvalue weighted by Gasteiger charge is -2.44. The molecule has 0 aliphatic carbocycles. The number of hydrogen-bond acceptors (Lipinski definition) is 6. The van der Waals surface area contributed by atoms with Crippen LogP contribution in [0.4, 0.5) is 4.79 Å². The van der Waals surface area contributed by atoms with Crippen LogP contribution >= 0.6 is 0 Å². The van der Waals surface area contributed by atoms with Crippen LogP contribution in [-0.2, 0) is 20.7 Å². The molecule has 0 aromatic heterocycles. The van der Waals surface area contributed by atoms with Crippen LogP contribution in [-0.4, -0.2) is 98.9 Å². The summed E-state index contributed by atoms with van der Waals surface area (Å²) < 4.78 is 15.7. The van der Waals surface area contributed by atoms with E-state index in [9.17, 15) is 9.59 Å². The number of imide groups is 1. The zero-order valence-corrected chi connectivity index (χ0v) is 19.1. The van der Waals surface area contributed by atoms with E-state index in [4.69, 9.17) is 14.2 Å². The van der Waals surface area contributed by atoms with Crippen LogP contribution in [0, 0.1) is 0 Å². The van der Waals surface area contributed by atoms with Crippen LogP contribution in [0.25, 0.3) is 0 Å². The van der Waals surface area contributed by atoms with Crippen molar-refractivity contribution in [2.45, 2.75) is 37.8 Å². The molecule has 8 nitrogen and oxygen atoms in total. The molecule has 2 fully saturated rings. The zero-order chi connectivity index (χ0) is 22.4. The Kier molecular flexibility index (Phi) is 7.91. The molecule has 0 saturated carbocycles. The van der Waals surface area contributed by atoms with E-state index in [-0.39, 0.29) is 18.0 Å². The molecule has 1 spiro atoms. The highest BCUT2D eigenvalue weighted by atomic mass is 16.5. The van der Waals surface area contributed by atoms with Gasteiger partial charge < -0.3 is 19.1 Å². The molecule has 2 aliphatic heterocycles. The van der Waals surface area contributed by atoms with Crippen molar-refractivity contribution in [2.75, 3.05) is 60.7 Å². The minimum atomic E-state index is -0.763. The number of hydrogen-bond donors (Lipinski definition) is 0. The van der Waals surface area contributed by atoms with Gasteiger partial charge in [0.25, 0.3) is 5.91 Å². The van der Waals surface area contributed by atoms with Gasteiger partial charge in [-0.05, 0) is 43.9 Å². The summed E-state index contributed by atoms with van der Waals surface area (Å²) in [5.41, 5.74) is 0.346. The summed E-state index contributed by atoms with van der Waals surface area (Å²) in [4.78, 5) is 32.2. The molecule has 31 heavy (non-hydrogen) atoms. The number of ether oxygens (including phenoxy) is 3. The lowest BCUT2D eigenvalue weighted by Crippen LogP contribution is -2.58. The molecule has 172 valence electrons. The fourth-order valence-electron chi connectivity index (χ4n) is 4.67. The van der Waals surface area contributed by atoms with Gasteiger partial charge in [-0.2, -0.15) is 0 Å². The number of amides is 3. The fourth-order valence-corrected chi connectivity index (χ4v) is 4.67. The SMILES string of the molecule is COCCN1C(=O)N(CCc2ccc(OC)cc2)C2(CCN([C@H](C)COC)CC2)C1=O. The van der Waals surface area contributed by atoms with Crippen LogP contribution in [0.2, 0.25) is 0 Å². The van der Waals surface area contributed by atoms with Gasteiger partial charge in [0.2, 0.25) is 0 Å². The van der Waals surface area contributed by atoms with Crippen molar-refractivity contribution >= 4 is 11.9 Å². The van der Waals surface area contributed by atoms with Crippen molar-refractivity contribution < 1.29 is 23.8 Å². The Bertz CT molecular complexity index is 746. The summed E-state index contributed by atoms with van der Waals surface area (Å²) in [6, 6.07) is 7.93. The van der Waals surface area contributed by atoms with Crippen molar-refractivity contribution in [2.24, 2.45) is 0 Å². The molecule has 3 amide bonds. The van der Waals surface area contributed by atoms with Gasteiger partial charge in [0.15, 0.2) is 0 Å². The number of carbonyl (C=O) groups excluding carboxylic acids is 2. The average Bonchev–Trinajstić information content (AvgIpc) is 2.97. The third-order valence-corrected chi connectivity index (χ3v) is 6.58. The molecule has 2 heterocycles. The first-order valence-corrected chi connectivity index (χ1v) is 10.9. The van der Waals surface area contributed by atoms with Crippen molar-refractivity contribution in [1.82, 2.24) is 14.7 Å². The monoisotopic (exact) mass is 433 g/mol. The van der Waals surface area contributed by atoms with Crippen LogP contribution in [0.15, 0.2) is 24.3 Å². The molecular weight excluding hydrogens is 398 g/mol. The average molecular weight is 434 g/mol. The number of methoxy groups -OCH3 is 3. The Balaban J connectivity index is 1.76. The number of carbonyl (C=O) groups is 2. The molecule has 1 aromatic carbocycles. The maximum absolute atomic E-state index is 13.5. The van der Waals surface area contributed by atoms with E-state index in [1.165, 1.54) is 4.90 Å². The van der Waals surface area contributed by atoms with Gasteiger partial charge in [-0.1, -0.05) is 12.1 Å². The minimum absolute atomic E-state index is 0.0803. The lowest BCUT2D eigenvalue weighted by atomic mass is 9.85. The van der Waals surface area contributed by atoms with Crippen molar-refractivity contribution in [3.05, 3.63) is 29.8 Å². The van der Waals surface area contributed by atoms with E-state index >= 15 is 0 Å². The molecule has 8 heteroatoms. The highest BCUT2D eigenvalue weighted by Gasteiger charge is 2.57. The number of rotatable bonds is 10. The van der Waals surface area contributed by atoms with Crippen molar-refractivity contribution in [1.29, 1.82) is 0 Å². The summed E-state index contributed by atoms with van der Waals surface area (Å²) >= 11 is 0. The van der Waals surface area contributed by atoms with E-state index in [0.717, 1.165) is 24.4 Å². The Morgan fingerprint density at radius 3 is 2.26 bits per heavy atom. The number of urea groups is 1. The Hall–Kier alpha value is -2.16. The number of benzene rings is 1.